The number of carboxylic acid groups (broad SMARTS) is 2. The molecule has 0 radical (unpaired) electrons. The molecule has 0 aliphatic heterocycles. The van der Waals surface area contributed by atoms with Crippen molar-refractivity contribution >= 4 is 11.9 Å². The van der Waals surface area contributed by atoms with Crippen LogP contribution in [0.15, 0.2) is 0 Å². The fraction of sp³-hybridized carbons (Fsp3) is 0.800. The first kappa shape index (κ1) is 11.0. The standard InChI is InChI=1S/C10H16O4/c1-5-3-4-7(6(2)9(11)12)8(5)10(13)14/h5-8H,3-4H2,1-2H3,(H,11,12)(H,13,14)/t5-,6-,7+,8-/m1/s1. The molecule has 4 nitrogen and oxygen atoms in total. The maximum Gasteiger partial charge on any atom is 0.307 e. The number of carboxylic acids is 2. The average molecular weight is 200 g/mol. The maximum atomic E-state index is 11.0. The van der Waals surface area contributed by atoms with Gasteiger partial charge in [0.2, 0.25) is 0 Å². The van der Waals surface area contributed by atoms with E-state index in [1.165, 1.54) is 0 Å². The molecule has 1 rings (SSSR count). The van der Waals surface area contributed by atoms with Gasteiger partial charge < -0.3 is 10.2 Å². The summed E-state index contributed by atoms with van der Waals surface area (Å²) in [5.74, 6) is -2.90. The summed E-state index contributed by atoms with van der Waals surface area (Å²) in [6.07, 6.45) is 1.53. The van der Waals surface area contributed by atoms with E-state index in [1.54, 1.807) is 6.92 Å². The fourth-order valence-electron chi connectivity index (χ4n) is 2.41. The molecule has 0 aromatic rings. The van der Waals surface area contributed by atoms with Crippen molar-refractivity contribution < 1.29 is 19.8 Å². The topological polar surface area (TPSA) is 74.6 Å². The van der Waals surface area contributed by atoms with E-state index >= 15 is 0 Å². The maximum absolute atomic E-state index is 11.0. The summed E-state index contributed by atoms with van der Waals surface area (Å²) in [7, 11) is 0. The van der Waals surface area contributed by atoms with Gasteiger partial charge in [0.1, 0.15) is 0 Å². The van der Waals surface area contributed by atoms with E-state index in [4.69, 9.17) is 10.2 Å². The smallest absolute Gasteiger partial charge is 0.307 e. The van der Waals surface area contributed by atoms with Gasteiger partial charge in [-0.1, -0.05) is 13.8 Å². The van der Waals surface area contributed by atoms with Crippen LogP contribution in [0.3, 0.4) is 0 Å². The molecule has 0 aromatic heterocycles. The van der Waals surface area contributed by atoms with Gasteiger partial charge in [-0.15, -0.1) is 0 Å². The van der Waals surface area contributed by atoms with Crippen molar-refractivity contribution in [3.8, 4) is 0 Å². The van der Waals surface area contributed by atoms with Crippen molar-refractivity contribution in [1.82, 2.24) is 0 Å². The Kier molecular flexibility index (Phi) is 3.13. The molecule has 14 heavy (non-hydrogen) atoms. The lowest BCUT2D eigenvalue weighted by molar-refractivity contribution is -0.148. The van der Waals surface area contributed by atoms with Crippen LogP contribution in [0.4, 0.5) is 0 Å². The van der Waals surface area contributed by atoms with E-state index in [9.17, 15) is 9.59 Å². The van der Waals surface area contributed by atoms with Crippen LogP contribution in [-0.4, -0.2) is 22.2 Å². The Morgan fingerprint density at radius 1 is 1.29 bits per heavy atom. The van der Waals surface area contributed by atoms with Crippen LogP contribution in [0.25, 0.3) is 0 Å². The Labute approximate surface area is 82.9 Å². The average Bonchev–Trinajstić information content (AvgIpc) is 2.45. The van der Waals surface area contributed by atoms with Gasteiger partial charge in [-0.05, 0) is 24.7 Å². The second-order valence-corrected chi connectivity index (χ2v) is 4.21. The van der Waals surface area contributed by atoms with Crippen LogP contribution >= 0.6 is 0 Å². The molecule has 0 aromatic carbocycles. The highest BCUT2D eigenvalue weighted by molar-refractivity contribution is 5.75. The third-order valence-corrected chi connectivity index (χ3v) is 3.35. The molecule has 0 bridgehead atoms. The Hall–Kier alpha value is -1.06. The summed E-state index contributed by atoms with van der Waals surface area (Å²) in [5.41, 5.74) is 0. The van der Waals surface area contributed by atoms with Gasteiger partial charge in [-0.2, -0.15) is 0 Å². The zero-order valence-corrected chi connectivity index (χ0v) is 8.43. The van der Waals surface area contributed by atoms with Gasteiger partial charge in [0, 0.05) is 0 Å². The lowest BCUT2D eigenvalue weighted by atomic mass is 9.82. The van der Waals surface area contributed by atoms with Crippen LogP contribution < -0.4 is 0 Å². The molecule has 2 N–H and O–H groups in total. The van der Waals surface area contributed by atoms with Crippen LogP contribution in [0.5, 0.6) is 0 Å². The molecule has 80 valence electrons. The summed E-state index contributed by atoms with van der Waals surface area (Å²) in [5, 5.41) is 17.8. The second kappa shape index (κ2) is 3.98. The predicted octanol–water partition coefficient (Wildman–Crippen LogP) is 1.45. The Balaban J connectivity index is 2.79. The minimum atomic E-state index is -0.893. The molecule has 1 fully saturated rings. The van der Waals surface area contributed by atoms with Crippen molar-refractivity contribution in [2.24, 2.45) is 23.7 Å². The predicted molar refractivity (Wildman–Crippen MR) is 49.8 cm³/mol. The first-order valence-electron chi connectivity index (χ1n) is 4.90. The number of hydrogen-bond acceptors (Lipinski definition) is 2. The van der Waals surface area contributed by atoms with Crippen molar-refractivity contribution in [1.29, 1.82) is 0 Å². The monoisotopic (exact) mass is 200 g/mol. The minimum Gasteiger partial charge on any atom is -0.481 e. The molecule has 0 unspecified atom stereocenters. The van der Waals surface area contributed by atoms with Gasteiger partial charge in [-0.3, -0.25) is 9.59 Å². The van der Waals surface area contributed by atoms with E-state index in [0.717, 1.165) is 6.42 Å². The van der Waals surface area contributed by atoms with Gasteiger partial charge in [-0.25, -0.2) is 0 Å². The molecular formula is C10H16O4. The van der Waals surface area contributed by atoms with Gasteiger partial charge >= 0.3 is 11.9 Å². The van der Waals surface area contributed by atoms with Crippen molar-refractivity contribution in [2.75, 3.05) is 0 Å². The zero-order valence-electron chi connectivity index (χ0n) is 8.43. The third kappa shape index (κ3) is 1.89. The van der Waals surface area contributed by atoms with E-state index < -0.39 is 23.8 Å². The van der Waals surface area contributed by atoms with E-state index in [2.05, 4.69) is 0 Å². The van der Waals surface area contributed by atoms with Gasteiger partial charge in [0.25, 0.3) is 0 Å². The minimum absolute atomic E-state index is 0.0966. The lowest BCUT2D eigenvalue weighted by Crippen LogP contribution is -2.30. The van der Waals surface area contributed by atoms with E-state index in [-0.39, 0.29) is 11.8 Å². The molecule has 4 heteroatoms. The Bertz CT molecular complexity index is 249. The number of rotatable bonds is 3. The van der Waals surface area contributed by atoms with Gasteiger partial charge in [0.05, 0.1) is 11.8 Å². The van der Waals surface area contributed by atoms with Crippen LogP contribution in [0.1, 0.15) is 26.7 Å². The summed E-state index contributed by atoms with van der Waals surface area (Å²) >= 11 is 0. The largest absolute Gasteiger partial charge is 0.481 e. The van der Waals surface area contributed by atoms with Crippen molar-refractivity contribution in [2.45, 2.75) is 26.7 Å². The highest BCUT2D eigenvalue weighted by atomic mass is 16.4. The molecule has 0 spiro atoms. The third-order valence-electron chi connectivity index (χ3n) is 3.35. The molecule has 1 aliphatic carbocycles. The van der Waals surface area contributed by atoms with Gasteiger partial charge in [0.15, 0.2) is 0 Å². The quantitative estimate of drug-likeness (QED) is 0.723. The Morgan fingerprint density at radius 2 is 1.86 bits per heavy atom. The normalized spacial score (nSPS) is 34.0. The Morgan fingerprint density at radius 3 is 2.29 bits per heavy atom. The highest BCUT2D eigenvalue weighted by Gasteiger charge is 2.43. The van der Waals surface area contributed by atoms with Crippen molar-refractivity contribution in [3.05, 3.63) is 0 Å². The highest BCUT2D eigenvalue weighted by Crippen LogP contribution is 2.41. The first-order chi connectivity index (χ1) is 6.45. The molecule has 0 saturated heterocycles. The number of aliphatic carboxylic acids is 2. The number of carbonyl (C=O) groups is 2. The van der Waals surface area contributed by atoms with E-state index in [0.29, 0.717) is 6.42 Å². The molecule has 0 amide bonds. The van der Waals surface area contributed by atoms with Crippen LogP contribution in [-0.2, 0) is 9.59 Å². The van der Waals surface area contributed by atoms with Crippen LogP contribution in [0.2, 0.25) is 0 Å². The number of hydrogen-bond donors (Lipinski definition) is 2. The summed E-state index contributed by atoms with van der Waals surface area (Å²) in [6, 6.07) is 0. The fourth-order valence-corrected chi connectivity index (χ4v) is 2.41. The van der Waals surface area contributed by atoms with E-state index in [1.807, 2.05) is 6.92 Å². The molecule has 0 heterocycles. The molecule has 1 aliphatic rings. The molecule has 1 saturated carbocycles. The van der Waals surface area contributed by atoms with Crippen molar-refractivity contribution in [3.63, 3.8) is 0 Å². The lowest BCUT2D eigenvalue weighted by Gasteiger charge is -2.21. The summed E-state index contributed by atoms with van der Waals surface area (Å²) in [6.45, 7) is 3.48. The van der Waals surface area contributed by atoms with Crippen LogP contribution in [0, 0.1) is 23.7 Å². The first-order valence-corrected chi connectivity index (χ1v) is 4.90. The molecular weight excluding hydrogens is 184 g/mol. The SMILES string of the molecule is C[C@@H]1CC[C@@H]([C@@H](C)C(=O)O)[C@@H]1C(=O)O. The molecule has 4 atom stereocenters. The zero-order chi connectivity index (χ0) is 10.9. The summed E-state index contributed by atoms with van der Waals surface area (Å²) < 4.78 is 0. The second-order valence-electron chi connectivity index (χ2n) is 4.21. The summed E-state index contributed by atoms with van der Waals surface area (Å²) in [4.78, 5) is 21.7.